The lowest BCUT2D eigenvalue weighted by atomic mass is 10.0. The number of rotatable bonds is 6. The number of hydrogen-bond donors (Lipinski definition) is 1. The molecule has 0 fully saturated rings. The maximum absolute atomic E-state index is 14.4. The number of pyridine rings is 1. The number of fused-ring (bicyclic) bond motifs is 1. The Labute approximate surface area is 240 Å². The van der Waals surface area contributed by atoms with Gasteiger partial charge >= 0.3 is 6.18 Å². The minimum Gasteiger partial charge on any atom is -0.369 e. The monoisotopic (exact) mass is 570 g/mol. The number of para-hydroxylation sites is 1. The molecule has 212 valence electrons. The molecule has 2 heterocycles. The molecular weight excluding hydrogens is 544 g/mol. The van der Waals surface area contributed by atoms with E-state index in [0.29, 0.717) is 46.5 Å². The fourth-order valence-electron chi connectivity index (χ4n) is 5.10. The molecule has 0 bridgehead atoms. The minimum atomic E-state index is -4.70. The number of carbonyl (C=O) groups excluding carboxylic acids is 1. The summed E-state index contributed by atoms with van der Waals surface area (Å²) in [5.74, 6) is -1.14. The van der Waals surface area contributed by atoms with E-state index in [1.165, 1.54) is 30.3 Å². The second-order valence-electron chi connectivity index (χ2n) is 9.84. The lowest BCUT2D eigenvalue weighted by Gasteiger charge is -2.29. The van der Waals surface area contributed by atoms with Gasteiger partial charge in [0.05, 0.1) is 39.7 Å². The van der Waals surface area contributed by atoms with E-state index >= 15 is 0 Å². The predicted molar refractivity (Wildman–Crippen MR) is 152 cm³/mol. The highest BCUT2D eigenvalue weighted by Crippen LogP contribution is 2.36. The Morgan fingerprint density at radius 1 is 1.05 bits per heavy atom. The third kappa shape index (κ3) is 6.03. The standard InChI is InChI=1S/C33H26F4N4O/c1-2-30-31(27(33(35,36)37)7-5-17-41(30)20-22-11-9-21(19-38)10-12-22)40-32(42)26-18-29(23-13-15-24(34)16-14-23)39-28-8-4-3-6-25(26)28/h3-4,6-16,18H,2,5,17,20H2,1H3,(H,40,42). The Hall–Kier alpha value is -4.97. The molecule has 1 N–H and O–H groups in total. The van der Waals surface area contributed by atoms with Gasteiger partial charge in [0.2, 0.25) is 0 Å². The van der Waals surface area contributed by atoms with Gasteiger partial charge in [-0.25, -0.2) is 9.37 Å². The van der Waals surface area contributed by atoms with Crippen LogP contribution in [0.25, 0.3) is 22.2 Å². The molecule has 0 aliphatic carbocycles. The molecule has 0 atom stereocenters. The van der Waals surface area contributed by atoms with Gasteiger partial charge in [-0.1, -0.05) is 43.3 Å². The second kappa shape index (κ2) is 11.9. The third-order valence-corrected chi connectivity index (χ3v) is 7.12. The molecule has 0 radical (unpaired) electrons. The number of nitrogens with zero attached hydrogens (tertiary/aromatic N) is 3. The van der Waals surface area contributed by atoms with Crippen LogP contribution in [0.5, 0.6) is 0 Å². The van der Waals surface area contributed by atoms with Gasteiger partial charge < -0.3 is 10.2 Å². The Morgan fingerprint density at radius 2 is 1.76 bits per heavy atom. The van der Waals surface area contributed by atoms with Crippen molar-refractivity contribution < 1.29 is 22.4 Å². The number of allylic oxidation sites excluding steroid dienone is 2. The molecule has 0 spiro atoms. The molecule has 5 nitrogen and oxygen atoms in total. The highest BCUT2D eigenvalue weighted by Gasteiger charge is 2.39. The van der Waals surface area contributed by atoms with Crippen molar-refractivity contribution in [3.8, 4) is 17.3 Å². The summed E-state index contributed by atoms with van der Waals surface area (Å²) in [6.45, 7) is 2.37. The van der Waals surface area contributed by atoms with Crippen molar-refractivity contribution >= 4 is 16.8 Å². The van der Waals surface area contributed by atoms with Gasteiger partial charge in [-0.05, 0) is 66.9 Å². The first kappa shape index (κ1) is 28.6. The molecule has 5 rings (SSSR count). The topological polar surface area (TPSA) is 69.0 Å². The quantitative estimate of drug-likeness (QED) is 0.242. The molecule has 0 saturated carbocycles. The second-order valence-corrected chi connectivity index (χ2v) is 9.84. The number of halogens is 4. The van der Waals surface area contributed by atoms with Gasteiger partial charge in [0, 0.05) is 29.7 Å². The van der Waals surface area contributed by atoms with Gasteiger partial charge in [0.1, 0.15) is 5.82 Å². The average Bonchev–Trinajstić information content (AvgIpc) is 3.16. The SMILES string of the molecule is CCC1=C(NC(=O)c2cc(-c3ccc(F)cc3)nc3ccccc23)C(C(F)(F)F)=CCCN1Cc1ccc(C#N)cc1. The molecule has 3 aromatic carbocycles. The van der Waals surface area contributed by atoms with Gasteiger partial charge in [-0.15, -0.1) is 0 Å². The summed E-state index contributed by atoms with van der Waals surface area (Å²) in [5.41, 5.74) is 2.05. The number of nitrogens with one attached hydrogen (secondary N) is 1. The van der Waals surface area contributed by atoms with Crippen LogP contribution in [0.1, 0.15) is 41.3 Å². The molecular formula is C33H26F4N4O. The maximum atomic E-state index is 14.4. The highest BCUT2D eigenvalue weighted by atomic mass is 19.4. The van der Waals surface area contributed by atoms with E-state index in [0.717, 1.165) is 11.6 Å². The number of amides is 1. The molecule has 4 aromatic rings. The van der Waals surface area contributed by atoms with Crippen molar-refractivity contribution in [2.75, 3.05) is 6.54 Å². The zero-order valence-electron chi connectivity index (χ0n) is 22.7. The van der Waals surface area contributed by atoms with E-state index in [1.807, 2.05) is 4.90 Å². The van der Waals surface area contributed by atoms with E-state index in [2.05, 4.69) is 16.4 Å². The van der Waals surface area contributed by atoms with E-state index in [1.54, 1.807) is 55.5 Å². The highest BCUT2D eigenvalue weighted by molar-refractivity contribution is 6.08. The van der Waals surface area contributed by atoms with Crippen LogP contribution in [0, 0.1) is 17.1 Å². The van der Waals surface area contributed by atoms with Crippen LogP contribution in [0.2, 0.25) is 0 Å². The Bertz CT molecular complexity index is 1730. The van der Waals surface area contributed by atoms with Crippen molar-refractivity contribution in [1.29, 1.82) is 5.26 Å². The van der Waals surface area contributed by atoms with Gasteiger partial charge in [0.15, 0.2) is 0 Å². The third-order valence-electron chi connectivity index (χ3n) is 7.12. The van der Waals surface area contributed by atoms with Crippen molar-refractivity contribution in [3.63, 3.8) is 0 Å². The normalized spacial score (nSPS) is 13.9. The Kier molecular flexibility index (Phi) is 8.07. The van der Waals surface area contributed by atoms with Crippen LogP contribution < -0.4 is 5.32 Å². The maximum Gasteiger partial charge on any atom is 0.418 e. The van der Waals surface area contributed by atoms with Crippen molar-refractivity contribution in [2.45, 2.75) is 32.5 Å². The van der Waals surface area contributed by atoms with Crippen LogP contribution in [0.3, 0.4) is 0 Å². The summed E-state index contributed by atoms with van der Waals surface area (Å²) in [5, 5.41) is 12.2. The van der Waals surface area contributed by atoms with E-state index < -0.39 is 23.5 Å². The van der Waals surface area contributed by atoms with Crippen molar-refractivity contribution in [3.05, 3.63) is 124 Å². The summed E-state index contributed by atoms with van der Waals surface area (Å²) in [6, 6.07) is 22.9. The molecule has 0 saturated heterocycles. The van der Waals surface area contributed by atoms with Gasteiger partial charge in [-0.3, -0.25) is 4.79 Å². The molecule has 42 heavy (non-hydrogen) atoms. The number of aromatic nitrogens is 1. The predicted octanol–water partition coefficient (Wildman–Crippen LogP) is 7.66. The number of hydrogen-bond acceptors (Lipinski definition) is 4. The number of carbonyl (C=O) groups is 1. The molecule has 1 amide bonds. The first-order valence-electron chi connectivity index (χ1n) is 13.4. The first-order chi connectivity index (χ1) is 20.2. The largest absolute Gasteiger partial charge is 0.418 e. The Balaban J connectivity index is 1.59. The summed E-state index contributed by atoms with van der Waals surface area (Å²) < 4.78 is 56.8. The van der Waals surface area contributed by atoms with Crippen molar-refractivity contribution in [2.24, 2.45) is 0 Å². The molecule has 1 aliphatic heterocycles. The fourth-order valence-corrected chi connectivity index (χ4v) is 5.10. The Morgan fingerprint density at radius 3 is 2.43 bits per heavy atom. The average molecular weight is 571 g/mol. The summed E-state index contributed by atoms with van der Waals surface area (Å²) in [4.78, 5) is 20.3. The van der Waals surface area contributed by atoms with E-state index in [4.69, 9.17) is 5.26 Å². The smallest absolute Gasteiger partial charge is 0.369 e. The van der Waals surface area contributed by atoms with Crippen LogP contribution >= 0.6 is 0 Å². The van der Waals surface area contributed by atoms with Gasteiger partial charge in [0.25, 0.3) is 5.91 Å². The summed E-state index contributed by atoms with van der Waals surface area (Å²) in [7, 11) is 0. The van der Waals surface area contributed by atoms with Crippen molar-refractivity contribution in [1.82, 2.24) is 15.2 Å². The van der Waals surface area contributed by atoms with Gasteiger partial charge in [-0.2, -0.15) is 18.4 Å². The molecule has 1 aromatic heterocycles. The number of benzene rings is 3. The summed E-state index contributed by atoms with van der Waals surface area (Å²) in [6.07, 6.45) is -3.22. The summed E-state index contributed by atoms with van der Waals surface area (Å²) >= 11 is 0. The lowest BCUT2D eigenvalue weighted by molar-refractivity contribution is -0.0900. The van der Waals surface area contributed by atoms with Crippen LogP contribution in [-0.4, -0.2) is 28.5 Å². The molecule has 1 aliphatic rings. The zero-order chi connectivity index (χ0) is 29.9. The van der Waals surface area contributed by atoms with E-state index in [-0.39, 0.29) is 24.1 Å². The van der Waals surface area contributed by atoms with Crippen LogP contribution in [0.15, 0.2) is 102 Å². The zero-order valence-corrected chi connectivity index (χ0v) is 22.7. The molecule has 0 unspecified atom stereocenters. The molecule has 9 heteroatoms. The number of nitriles is 1. The van der Waals surface area contributed by atoms with Crippen LogP contribution in [0.4, 0.5) is 17.6 Å². The fraction of sp³-hybridized carbons (Fsp3) is 0.182. The first-order valence-corrected chi connectivity index (χ1v) is 13.4. The lowest BCUT2D eigenvalue weighted by Crippen LogP contribution is -2.33. The minimum absolute atomic E-state index is 0.126. The van der Waals surface area contributed by atoms with E-state index in [9.17, 15) is 22.4 Å². The van der Waals surface area contributed by atoms with Crippen LogP contribution in [-0.2, 0) is 6.54 Å². The number of alkyl halides is 3.